The number of hydrazone groups is 1. The third-order valence-corrected chi connectivity index (χ3v) is 1.28. The Morgan fingerprint density at radius 2 is 2.33 bits per heavy atom. The van der Waals surface area contributed by atoms with E-state index >= 15 is 0 Å². The molecule has 0 aliphatic rings. The molecule has 4 N–H and O–H groups in total. The van der Waals surface area contributed by atoms with Crippen LogP contribution in [0.5, 0.6) is 0 Å². The minimum atomic E-state index is 0. The highest BCUT2D eigenvalue weighted by Gasteiger charge is 1.85. The van der Waals surface area contributed by atoms with E-state index in [4.69, 9.17) is 11.6 Å². The first-order chi connectivity index (χ1) is 3.81. The third-order valence-electron chi connectivity index (χ3n) is 0.476. The summed E-state index contributed by atoms with van der Waals surface area (Å²) in [6, 6.07) is 0. The molecular weight excluding hydrogens is 202 g/mol. The Hall–Kier alpha value is -0.160. The van der Waals surface area contributed by atoms with Crippen molar-refractivity contribution in [1.82, 2.24) is 0 Å². The fourth-order valence-electron chi connectivity index (χ4n) is 0.182. The third kappa shape index (κ3) is 7.84. The maximum absolute atomic E-state index is 5.20. The molecule has 0 fully saturated rings. The topological polar surface area (TPSA) is 64.4 Å². The van der Waals surface area contributed by atoms with Gasteiger partial charge in [0.15, 0.2) is 5.17 Å². The Labute approximate surface area is 69.3 Å². The normalized spacial score (nSPS) is 10.0. The molecule has 0 aromatic rings. The molecular formula is C4H10BrN3S. The molecule has 0 amide bonds. The van der Waals surface area contributed by atoms with Crippen LogP contribution in [0.15, 0.2) is 17.8 Å². The highest BCUT2D eigenvalue weighted by Crippen LogP contribution is 1.96. The second-order valence-corrected chi connectivity index (χ2v) is 2.11. The maximum Gasteiger partial charge on any atom is 0.177 e. The molecule has 0 spiro atoms. The quantitative estimate of drug-likeness (QED) is 0.232. The van der Waals surface area contributed by atoms with Crippen molar-refractivity contribution in [3.63, 3.8) is 0 Å². The van der Waals surface area contributed by atoms with Gasteiger partial charge in [0.05, 0.1) is 0 Å². The predicted molar refractivity (Wildman–Crippen MR) is 48.8 cm³/mol. The van der Waals surface area contributed by atoms with Crippen molar-refractivity contribution in [3.8, 4) is 0 Å². The summed E-state index contributed by atoms with van der Waals surface area (Å²) in [6.07, 6.45) is 1.74. The number of rotatable bonds is 2. The van der Waals surface area contributed by atoms with Crippen molar-refractivity contribution in [2.75, 3.05) is 5.75 Å². The summed E-state index contributed by atoms with van der Waals surface area (Å²) in [6.45, 7) is 3.49. The number of hydrogen-bond donors (Lipinski definition) is 2. The van der Waals surface area contributed by atoms with Gasteiger partial charge in [-0.1, -0.05) is 17.8 Å². The number of thioether (sulfide) groups is 1. The minimum Gasteiger partial charge on any atom is -0.377 e. The smallest absolute Gasteiger partial charge is 0.177 e. The van der Waals surface area contributed by atoms with Gasteiger partial charge in [0, 0.05) is 5.75 Å². The Balaban J connectivity index is 0. The van der Waals surface area contributed by atoms with Gasteiger partial charge in [-0.3, -0.25) is 0 Å². The zero-order valence-electron chi connectivity index (χ0n) is 4.91. The van der Waals surface area contributed by atoms with Gasteiger partial charge < -0.3 is 11.6 Å². The monoisotopic (exact) mass is 211 g/mol. The van der Waals surface area contributed by atoms with E-state index in [0.717, 1.165) is 5.75 Å². The SMILES string of the molecule is Br.C=CCS/C(N)=N/N. The molecule has 0 unspecified atom stereocenters. The van der Waals surface area contributed by atoms with E-state index in [1.165, 1.54) is 11.8 Å². The largest absolute Gasteiger partial charge is 0.377 e. The lowest BCUT2D eigenvalue weighted by atomic mass is 10.8. The van der Waals surface area contributed by atoms with Crippen LogP contribution in [0, 0.1) is 0 Å². The van der Waals surface area contributed by atoms with Crippen molar-refractivity contribution >= 4 is 33.9 Å². The predicted octanol–water partition coefficient (Wildman–Crippen LogP) is 0.672. The van der Waals surface area contributed by atoms with Crippen LogP contribution in [0.1, 0.15) is 0 Å². The number of nitrogens with zero attached hydrogens (tertiary/aromatic N) is 1. The van der Waals surface area contributed by atoms with Gasteiger partial charge >= 0.3 is 0 Å². The molecule has 0 heterocycles. The molecule has 0 radical (unpaired) electrons. The molecule has 0 aliphatic carbocycles. The number of nitrogens with two attached hydrogens (primary N) is 2. The van der Waals surface area contributed by atoms with E-state index < -0.39 is 0 Å². The summed E-state index contributed by atoms with van der Waals surface area (Å²) < 4.78 is 0. The minimum absolute atomic E-state index is 0. The number of halogens is 1. The standard InChI is InChI=1S/C4H9N3S.BrH/c1-2-3-8-4(5)7-6;/h2H,1,3,6H2,(H2,5,7);1H. The van der Waals surface area contributed by atoms with Crippen LogP contribution < -0.4 is 11.6 Å². The lowest BCUT2D eigenvalue weighted by Gasteiger charge is -1.90. The summed E-state index contributed by atoms with van der Waals surface area (Å²) in [5, 5.41) is 3.63. The van der Waals surface area contributed by atoms with Crippen molar-refractivity contribution in [2.24, 2.45) is 16.7 Å². The van der Waals surface area contributed by atoms with Crippen LogP contribution in [-0.2, 0) is 0 Å². The van der Waals surface area contributed by atoms with Gasteiger partial charge in [-0.05, 0) is 0 Å². The van der Waals surface area contributed by atoms with Crippen LogP contribution in [0.4, 0.5) is 0 Å². The first-order valence-electron chi connectivity index (χ1n) is 2.08. The molecule has 0 rings (SSSR count). The summed E-state index contributed by atoms with van der Waals surface area (Å²) in [5.74, 6) is 5.58. The van der Waals surface area contributed by atoms with Crippen molar-refractivity contribution in [1.29, 1.82) is 0 Å². The van der Waals surface area contributed by atoms with E-state index in [2.05, 4.69) is 11.7 Å². The Kier molecular flexibility index (Phi) is 10.1. The first-order valence-corrected chi connectivity index (χ1v) is 3.07. The first kappa shape index (κ1) is 11.6. The van der Waals surface area contributed by atoms with Crippen LogP contribution in [-0.4, -0.2) is 10.9 Å². The lowest BCUT2D eigenvalue weighted by molar-refractivity contribution is 1.25. The molecule has 0 bridgehead atoms. The van der Waals surface area contributed by atoms with Crippen molar-refractivity contribution < 1.29 is 0 Å². The van der Waals surface area contributed by atoms with Gasteiger partial charge in [0.2, 0.25) is 0 Å². The fourth-order valence-corrected chi connectivity index (χ4v) is 0.545. The van der Waals surface area contributed by atoms with E-state index in [1.807, 2.05) is 0 Å². The van der Waals surface area contributed by atoms with Gasteiger partial charge in [-0.25, -0.2) is 0 Å². The second-order valence-electron chi connectivity index (χ2n) is 1.07. The maximum atomic E-state index is 5.20. The van der Waals surface area contributed by atoms with Crippen LogP contribution >= 0.6 is 28.7 Å². The molecule has 0 atom stereocenters. The van der Waals surface area contributed by atoms with E-state index in [-0.39, 0.29) is 17.0 Å². The second kappa shape index (κ2) is 7.84. The van der Waals surface area contributed by atoms with E-state index in [1.54, 1.807) is 6.08 Å². The average Bonchev–Trinajstić information content (AvgIpc) is 1.83. The molecule has 0 aromatic carbocycles. The summed E-state index contributed by atoms with van der Waals surface area (Å²) in [5.41, 5.74) is 5.20. The van der Waals surface area contributed by atoms with E-state index in [9.17, 15) is 0 Å². The van der Waals surface area contributed by atoms with Gasteiger partial charge in [-0.15, -0.1) is 23.6 Å². The van der Waals surface area contributed by atoms with Crippen LogP contribution in [0.25, 0.3) is 0 Å². The van der Waals surface area contributed by atoms with Crippen LogP contribution in [0.2, 0.25) is 0 Å². The zero-order chi connectivity index (χ0) is 6.41. The van der Waals surface area contributed by atoms with Crippen molar-refractivity contribution in [2.45, 2.75) is 0 Å². The average molecular weight is 212 g/mol. The summed E-state index contributed by atoms with van der Waals surface area (Å²) in [7, 11) is 0. The lowest BCUT2D eigenvalue weighted by Crippen LogP contribution is -2.09. The Morgan fingerprint density at radius 1 is 1.78 bits per heavy atom. The van der Waals surface area contributed by atoms with Crippen LogP contribution in [0.3, 0.4) is 0 Å². The molecule has 9 heavy (non-hydrogen) atoms. The Morgan fingerprint density at radius 3 is 2.67 bits per heavy atom. The molecule has 0 aliphatic heterocycles. The van der Waals surface area contributed by atoms with Gasteiger partial charge in [0.1, 0.15) is 0 Å². The summed E-state index contributed by atoms with van der Waals surface area (Å²) >= 11 is 1.36. The van der Waals surface area contributed by atoms with Gasteiger partial charge in [0.25, 0.3) is 0 Å². The highest BCUT2D eigenvalue weighted by atomic mass is 79.9. The van der Waals surface area contributed by atoms with Gasteiger partial charge in [-0.2, -0.15) is 5.10 Å². The van der Waals surface area contributed by atoms with E-state index in [0.29, 0.717) is 5.17 Å². The molecule has 5 heteroatoms. The molecule has 0 aromatic heterocycles. The Bertz CT molecular complexity index is 104. The molecule has 0 saturated heterocycles. The highest BCUT2D eigenvalue weighted by molar-refractivity contribution is 8.93. The fraction of sp³-hybridized carbons (Fsp3) is 0.250. The molecule has 3 nitrogen and oxygen atoms in total. The molecule has 0 saturated carbocycles. The summed E-state index contributed by atoms with van der Waals surface area (Å²) in [4.78, 5) is 0. The van der Waals surface area contributed by atoms with Crippen molar-refractivity contribution in [3.05, 3.63) is 12.7 Å². The number of amidine groups is 1. The molecule has 54 valence electrons. The number of hydrogen-bond acceptors (Lipinski definition) is 3. The zero-order valence-corrected chi connectivity index (χ0v) is 7.44.